The molecule has 0 saturated heterocycles. The van der Waals surface area contributed by atoms with E-state index in [1.54, 1.807) is 6.92 Å². The number of hydrogen-bond donors (Lipinski definition) is 2. The summed E-state index contributed by atoms with van der Waals surface area (Å²) in [6, 6.07) is 1.37. The minimum absolute atomic E-state index is 0.0148. The summed E-state index contributed by atoms with van der Waals surface area (Å²) in [5.41, 5.74) is -0.360. The third-order valence-corrected chi connectivity index (χ3v) is 2.46. The van der Waals surface area contributed by atoms with Crippen molar-refractivity contribution in [3.8, 4) is 0 Å². The monoisotopic (exact) mass is 244 g/mol. The Balaban J connectivity index is 2.72. The number of aryl methyl sites for hydroxylation is 1. The molecule has 0 aliphatic rings. The van der Waals surface area contributed by atoms with Crippen LogP contribution in [-0.4, -0.2) is 26.6 Å². The lowest BCUT2D eigenvalue weighted by atomic mass is 9.78. The normalized spacial score (nSPS) is 12.1. The van der Waals surface area contributed by atoms with Crippen molar-refractivity contribution in [2.75, 3.05) is 0 Å². The fraction of sp³-hybridized carbons (Fsp3) is 0.222. The molecule has 2 aromatic rings. The van der Waals surface area contributed by atoms with Gasteiger partial charge in [0.15, 0.2) is 0 Å². The summed E-state index contributed by atoms with van der Waals surface area (Å²) in [5, 5.41) is 18.1. The summed E-state index contributed by atoms with van der Waals surface area (Å²) in [4.78, 5) is 3.63. The number of imidazole rings is 1. The minimum Gasteiger partial charge on any atom is -0.423 e. The van der Waals surface area contributed by atoms with Crippen LogP contribution >= 0.6 is 0 Å². The third kappa shape index (κ3) is 2.01. The van der Waals surface area contributed by atoms with Crippen molar-refractivity contribution in [2.45, 2.75) is 13.1 Å². The van der Waals surface area contributed by atoms with Gasteiger partial charge in [0.25, 0.3) is 0 Å². The average Bonchev–Trinajstić information content (AvgIpc) is 2.57. The maximum atomic E-state index is 12.6. The van der Waals surface area contributed by atoms with Crippen molar-refractivity contribution < 1.29 is 23.2 Å². The number of halogens is 3. The number of alkyl halides is 3. The highest BCUT2D eigenvalue weighted by Crippen LogP contribution is 2.29. The number of fused-ring (bicyclic) bond motifs is 1. The van der Waals surface area contributed by atoms with Gasteiger partial charge in [0.05, 0.1) is 6.20 Å². The highest BCUT2D eigenvalue weighted by molar-refractivity contribution is 6.59. The quantitative estimate of drug-likeness (QED) is 0.711. The molecule has 0 aliphatic carbocycles. The Hall–Kier alpha value is -1.54. The molecule has 0 aliphatic heterocycles. The zero-order valence-corrected chi connectivity index (χ0v) is 8.73. The van der Waals surface area contributed by atoms with E-state index in [2.05, 4.69) is 4.98 Å². The molecular weight excluding hydrogens is 236 g/mol. The van der Waals surface area contributed by atoms with E-state index in [0.717, 1.165) is 10.6 Å². The third-order valence-electron chi connectivity index (χ3n) is 2.46. The fourth-order valence-corrected chi connectivity index (χ4v) is 1.62. The number of aromatic nitrogens is 2. The molecule has 2 N–H and O–H groups in total. The van der Waals surface area contributed by atoms with Gasteiger partial charge >= 0.3 is 13.3 Å². The molecule has 0 aromatic carbocycles. The predicted molar refractivity (Wildman–Crippen MR) is 54.8 cm³/mol. The van der Waals surface area contributed by atoms with E-state index in [1.807, 2.05) is 0 Å². The van der Waals surface area contributed by atoms with Crippen LogP contribution in [0.15, 0.2) is 18.5 Å². The Morgan fingerprint density at radius 2 is 2.00 bits per heavy atom. The molecule has 4 nitrogen and oxygen atoms in total. The Bertz CT molecular complexity index is 565. The van der Waals surface area contributed by atoms with Crippen molar-refractivity contribution in [3.63, 3.8) is 0 Å². The first-order valence-corrected chi connectivity index (χ1v) is 4.71. The minimum atomic E-state index is -4.54. The van der Waals surface area contributed by atoms with Gasteiger partial charge in [-0.05, 0) is 18.6 Å². The van der Waals surface area contributed by atoms with Crippen LogP contribution in [0.3, 0.4) is 0 Å². The fourth-order valence-electron chi connectivity index (χ4n) is 1.62. The number of hydrogen-bond acceptors (Lipinski definition) is 3. The summed E-state index contributed by atoms with van der Waals surface area (Å²) < 4.78 is 38.6. The van der Waals surface area contributed by atoms with Gasteiger partial charge in [0, 0.05) is 11.7 Å². The first-order chi connectivity index (χ1) is 7.80. The molecule has 0 radical (unpaired) electrons. The van der Waals surface area contributed by atoms with Crippen LogP contribution in [0.5, 0.6) is 0 Å². The molecule has 0 unspecified atom stereocenters. The largest absolute Gasteiger partial charge is 0.490 e. The van der Waals surface area contributed by atoms with Crippen LogP contribution in [-0.2, 0) is 6.18 Å². The molecule has 90 valence electrons. The summed E-state index contributed by atoms with van der Waals surface area (Å²) in [5.74, 6) is 0. The van der Waals surface area contributed by atoms with E-state index in [-0.39, 0.29) is 11.1 Å². The molecule has 0 atom stereocenters. The van der Waals surface area contributed by atoms with E-state index in [0.29, 0.717) is 11.8 Å². The van der Waals surface area contributed by atoms with E-state index >= 15 is 0 Å². The standard InChI is InChI=1S/C9H8BF3N2O2/c1-5-2-8-14-3-7(9(11,12)13)15(8)4-6(5)10(16)17/h2-4,16-17H,1H3. The zero-order chi connectivity index (χ0) is 12.8. The van der Waals surface area contributed by atoms with E-state index in [9.17, 15) is 13.2 Å². The topological polar surface area (TPSA) is 57.8 Å². The molecule has 0 amide bonds. The lowest BCUT2D eigenvalue weighted by Crippen LogP contribution is -2.33. The van der Waals surface area contributed by atoms with Crippen molar-refractivity contribution >= 4 is 18.2 Å². The molecule has 8 heteroatoms. The molecule has 0 fully saturated rings. The maximum absolute atomic E-state index is 12.6. The molecule has 0 bridgehead atoms. The molecule has 2 aromatic heterocycles. The van der Waals surface area contributed by atoms with Crippen LogP contribution in [0.1, 0.15) is 11.3 Å². The molecule has 0 spiro atoms. The Labute approximate surface area is 94.5 Å². The average molecular weight is 244 g/mol. The van der Waals surface area contributed by atoms with Crippen molar-refractivity contribution in [1.29, 1.82) is 0 Å². The SMILES string of the molecule is Cc1cc2ncc(C(F)(F)F)n2cc1B(O)O. The zero-order valence-electron chi connectivity index (χ0n) is 8.73. The summed E-state index contributed by atoms with van der Waals surface area (Å²) >= 11 is 0. The van der Waals surface area contributed by atoms with Gasteiger partial charge in [-0.15, -0.1) is 0 Å². The Kier molecular flexibility index (Phi) is 2.63. The van der Waals surface area contributed by atoms with Crippen molar-refractivity contribution in [2.24, 2.45) is 0 Å². The Morgan fingerprint density at radius 3 is 2.53 bits per heavy atom. The summed E-state index contributed by atoms with van der Waals surface area (Å²) in [6.07, 6.45) is -2.79. The van der Waals surface area contributed by atoms with Gasteiger partial charge in [0.2, 0.25) is 0 Å². The molecular formula is C9H8BF3N2O2. The van der Waals surface area contributed by atoms with Gasteiger partial charge in [-0.1, -0.05) is 0 Å². The van der Waals surface area contributed by atoms with Gasteiger partial charge < -0.3 is 10.0 Å². The first kappa shape index (κ1) is 11.9. The van der Waals surface area contributed by atoms with E-state index < -0.39 is 19.0 Å². The van der Waals surface area contributed by atoms with Crippen LogP contribution in [0.25, 0.3) is 5.65 Å². The van der Waals surface area contributed by atoms with Gasteiger partial charge in [-0.3, -0.25) is 4.40 Å². The molecule has 0 saturated carbocycles. The first-order valence-electron chi connectivity index (χ1n) is 4.71. The van der Waals surface area contributed by atoms with Crippen molar-refractivity contribution in [1.82, 2.24) is 9.38 Å². The lowest BCUT2D eigenvalue weighted by molar-refractivity contribution is -0.141. The van der Waals surface area contributed by atoms with Gasteiger partial charge in [0.1, 0.15) is 11.3 Å². The lowest BCUT2D eigenvalue weighted by Gasteiger charge is -2.09. The highest BCUT2D eigenvalue weighted by atomic mass is 19.4. The predicted octanol–water partition coefficient (Wildman–Crippen LogP) is 0.341. The van der Waals surface area contributed by atoms with E-state index in [1.165, 1.54) is 6.07 Å². The Morgan fingerprint density at radius 1 is 1.35 bits per heavy atom. The molecule has 17 heavy (non-hydrogen) atoms. The second kappa shape index (κ2) is 3.74. The number of pyridine rings is 1. The second-order valence-electron chi connectivity index (χ2n) is 3.65. The van der Waals surface area contributed by atoms with Crippen LogP contribution in [0.2, 0.25) is 0 Å². The van der Waals surface area contributed by atoms with Crippen LogP contribution in [0.4, 0.5) is 13.2 Å². The second-order valence-corrected chi connectivity index (χ2v) is 3.65. The number of rotatable bonds is 1. The number of nitrogens with zero attached hydrogens (tertiary/aromatic N) is 2. The maximum Gasteiger partial charge on any atom is 0.490 e. The van der Waals surface area contributed by atoms with Crippen molar-refractivity contribution in [3.05, 3.63) is 29.7 Å². The summed E-state index contributed by atoms with van der Waals surface area (Å²) in [6.45, 7) is 1.57. The molecule has 2 rings (SSSR count). The van der Waals surface area contributed by atoms with Crippen LogP contribution < -0.4 is 5.46 Å². The highest BCUT2D eigenvalue weighted by Gasteiger charge is 2.34. The van der Waals surface area contributed by atoms with Crippen LogP contribution in [0, 0.1) is 6.92 Å². The van der Waals surface area contributed by atoms with Gasteiger partial charge in [-0.25, -0.2) is 4.98 Å². The molecule has 2 heterocycles. The van der Waals surface area contributed by atoms with Gasteiger partial charge in [-0.2, -0.15) is 13.2 Å². The smallest absolute Gasteiger partial charge is 0.423 e. The van der Waals surface area contributed by atoms with E-state index in [4.69, 9.17) is 10.0 Å². The summed E-state index contributed by atoms with van der Waals surface area (Å²) in [7, 11) is -1.82.